The summed E-state index contributed by atoms with van der Waals surface area (Å²) >= 11 is 5.89. The van der Waals surface area contributed by atoms with Gasteiger partial charge in [0.05, 0.1) is 12.0 Å². The summed E-state index contributed by atoms with van der Waals surface area (Å²) in [4.78, 5) is 11.5. The zero-order chi connectivity index (χ0) is 10.1. The molecule has 2 rings (SSSR count). The first kappa shape index (κ1) is 9.55. The van der Waals surface area contributed by atoms with E-state index >= 15 is 0 Å². The third kappa shape index (κ3) is 1.31. The molecule has 0 N–H and O–H groups in total. The van der Waals surface area contributed by atoms with Crippen LogP contribution in [0.15, 0.2) is 22.4 Å². The fourth-order valence-electron chi connectivity index (χ4n) is 1.37. The van der Waals surface area contributed by atoms with E-state index in [9.17, 15) is 4.79 Å². The van der Waals surface area contributed by atoms with Crippen molar-refractivity contribution in [1.29, 1.82) is 0 Å². The molecule has 0 atom stereocenters. The molecule has 0 spiro atoms. The standard InChI is InChI=1S/C10H8O2S2/c1-12-7-2-3-8-9(10(7)13)6(4-11)5-14-8/h2-5,13H,1H3. The van der Waals surface area contributed by atoms with Crippen LogP contribution in [0.25, 0.3) is 10.1 Å². The summed E-state index contributed by atoms with van der Waals surface area (Å²) in [5, 5.41) is 2.71. The highest BCUT2D eigenvalue weighted by Crippen LogP contribution is 2.36. The Morgan fingerprint density at radius 3 is 2.93 bits per heavy atom. The van der Waals surface area contributed by atoms with Crippen molar-refractivity contribution in [2.24, 2.45) is 0 Å². The molecule has 0 radical (unpaired) electrons. The second-order valence-corrected chi connectivity index (χ2v) is 4.16. The van der Waals surface area contributed by atoms with E-state index in [1.165, 1.54) is 11.3 Å². The topological polar surface area (TPSA) is 26.3 Å². The maximum atomic E-state index is 10.8. The smallest absolute Gasteiger partial charge is 0.151 e. The first-order valence-corrected chi connectivity index (χ1v) is 5.33. The molecule has 0 saturated heterocycles. The third-order valence-corrected chi connectivity index (χ3v) is 3.46. The van der Waals surface area contributed by atoms with Gasteiger partial charge in [-0.15, -0.1) is 24.0 Å². The quantitative estimate of drug-likeness (QED) is 0.627. The van der Waals surface area contributed by atoms with Gasteiger partial charge in [-0.2, -0.15) is 0 Å². The number of carbonyl (C=O) groups is 1. The number of ether oxygens (including phenoxy) is 1. The predicted molar refractivity (Wildman–Crippen MR) is 61.0 cm³/mol. The monoisotopic (exact) mass is 224 g/mol. The molecule has 0 bridgehead atoms. The molecule has 1 heterocycles. The number of thiophene rings is 1. The van der Waals surface area contributed by atoms with E-state index in [1.807, 2.05) is 17.5 Å². The van der Waals surface area contributed by atoms with Crippen LogP contribution in [0.4, 0.5) is 0 Å². The average molecular weight is 224 g/mol. The molecule has 0 unspecified atom stereocenters. The van der Waals surface area contributed by atoms with Crippen LogP contribution in [0, 0.1) is 0 Å². The van der Waals surface area contributed by atoms with E-state index in [2.05, 4.69) is 12.6 Å². The molecule has 1 aromatic carbocycles. The van der Waals surface area contributed by atoms with Gasteiger partial charge in [-0.1, -0.05) is 0 Å². The first-order chi connectivity index (χ1) is 6.77. The maximum Gasteiger partial charge on any atom is 0.151 e. The lowest BCUT2D eigenvalue weighted by Gasteiger charge is -2.04. The number of hydrogen-bond acceptors (Lipinski definition) is 4. The summed E-state index contributed by atoms with van der Waals surface area (Å²) in [6, 6.07) is 3.79. The van der Waals surface area contributed by atoms with Crippen LogP contribution in [-0.2, 0) is 0 Å². The van der Waals surface area contributed by atoms with E-state index in [0.717, 1.165) is 21.3 Å². The lowest BCUT2D eigenvalue weighted by molar-refractivity contribution is 0.112. The normalized spacial score (nSPS) is 10.4. The van der Waals surface area contributed by atoms with Gasteiger partial charge in [0.2, 0.25) is 0 Å². The molecule has 2 aromatic rings. The minimum atomic E-state index is 0.675. The van der Waals surface area contributed by atoms with Crippen LogP contribution in [-0.4, -0.2) is 13.4 Å². The SMILES string of the molecule is COc1ccc2scc(C=O)c2c1S. The molecule has 0 saturated carbocycles. The Morgan fingerprint density at radius 1 is 1.50 bits per heavy atom. The molecule has 4 heteroatoms. The second-order valence-electron chi connectivity index (χ2n) is 2.80. The van der Waals surface area contributed by atoms with Gasteiger partial charge in [-0.25, -0.2) is 0 Å². The van der Waals surface area contributed by atoms with Crippen molar-refractivity contribution >= 4 is 40.3 Å². The summed E-state index contributed by atoms with van der Waals surface area (Å²) in [6.07, 6.45) is 0.845. The van der Waals surface area contributed by atoms with Crippen LogP contribution in [0.5, 0.6) is 5.75 Å². The molecule has 1 aromatic heterocycles. The Labute approximate surface area is 90.9 Å². The van der Waals surface area contributed by atoms with Gasteiger partial charge >= 0.3 is 0 Å². The first-order valence-electron chi connectivity index (χ1n) is 4.00. The highest BCUT2D eigenvalue weighted by Gasteiger charge is 2.10. The second kappa shape index (κ2) is 3.63. The Morgan fingerprint density at radius 2 is 2.29 bits per heavy atom. The minimum absolute atomic E-state index is 0.675. The van der Waals surface area contributed by atoms with Gasteiger partial charge < -0.3 is 4.74 Å². The van der Waals surface area contributed by atoms with E-state index < -0.39 is 0 Å². The van der Waals surface area contributed by atoms with Crippen LogP contribution in [0.3, 0.4) is 0 Å². The Bertz CT molecular complexity index is 488. The third-order valence-electron chi connectivity index (χ3n) is 2.05. The van der Waals surface area contributed by atoms with Crippen molar-refractivity contribution in [2.75, 3.05) is 7.11 Å². The highest BCUT2D eigenvalue weighted by molar-refractivity contribution is 7.80. The van der Waals surface area contributed by atoms with E-state index in [1.54, 1.807) is 7.11 Å². The Kier molecular flexibility index (Phi) is 2.48. The number of rotatable bonds is 2. The number of benzene rings is 1. The van der Waals surface area contributed by atoms with Gasteiger partial charge in [-0.05, 0) is 12.1 Å². The van der Waals surface area contributed by atoms with Crippen molar-refractivity contribution in [3.05, 3.63) is 23.1 Å². The maximum absolute atomic E-state index is 10.8. The summed E-state index contributed by atoms with van der Waals surface area (Å²) < 4.78 is 6.19. The molecule has 2 nitrogen and oxygen atoms in total. The van der Waals surface area contributed by atoms with Gasteiger partial charge in [0.1, 0.15) is 5.75 Å². The van der Waals surface area contributed by atoms with Crippen LogP contribution < -0.4 is 4.74 Å². The highest BCUT2D eigenvalue weighted by atomic mass is 32.1. The lowest BCUT2D eigenvalue weighted by atomic mass is 10.2. The summed E-state index contributed by atoms with van der Waals surface area (Å²) in [7, 11) is 1.59. The number of carbonyl (C=O) groups excluding carboxylic acids is 1. The van der Waals surface area contributed by atoms with Crippen LogP contribution >= 0.6 is 24.0 Å². The van der Waals surface area contributed by atoms with Gasteiger partial charge in [-0.3, -0.25) is 4.79 Å². The predicted octanol–water partition coefficient (Wildman–Crippen LogP) is 3.01. The molecular weight excluding hydrogens is 216 g/mol. The Balaban J connectivity index is 2.83. The zero-order valence-electron chi connectivity index (χ0n) is 7.48. The van der Waals surface area contributed by atoms with Crippen molar-refractivity contribution < 1.29 is 9.53 Å². The summed E-state index contributed by atoms with van der Waals surface area (Å²) in [5.74, 6) is 0.697. The molecule has 0 aliphatic heterocycles. The zero-order valence-corrected chi connectivity index (χ0v) is 9.19. The molecule has 0 aliphatic rings. The summed E-state index contributed by atoms with van der Waals surface area (Å²) in [5.41, 5.74) is 0.675. The molecular formula is C10H8O2S2. The number of thiol groups is 1. The minimum Gasteiger partial charge on any atom is -0.496 e. The fourth-order valence-corrected chi connectivity index (χ4v) is 2.77. The lowest BCUT2D eigenvalue weighted by Crippen LogP contribution is -1.85. The van der Waals surface area contributed by atoms with Crippen molar-refractivity contribution in [1.82, 2.24) is 0 Å². The Hall–Kier alpha value is -1.00. The van der Waals surface area contributed by atoms with Crippen molar-refractivity contribution in [3.8, 4) is 5.75 Å². The molecule has 72 valence electrons. The van der Waals surface area contributed by atoms with Crippen molar-refractivity contribution in [3.63, 3.8) is 0 Å². The average Bonchev–Trinajstić information content (AvgIpc) is 2.62. The van der Waals surface area contributed by atoms with Crippen LogP contribution in [0.2, 0.25) is 0 Å². The number of hydrogen-bond donors (Lipinski definition) is 1. The number of methoxy groups -OCH3 is 1. The summed E-state index contributed by atoms with van der Waals surface area (Å²) in [6.45, 7) is 0. The fraction of sp³-hybridized carbons (Fsp3) is 0.100. The molecule has 0 amide bonds. The van der Waals surface area contributed by atoms with Crippen molar-refractivity contribution in [2.45, 2.75) is 4.90 Å². The molecule has 14 heavy (non-hydrogen) atoms. The molecule has 0 fully saturated rings. The van der Waals surface area contributed by atoms with E-state index in [0.29, 0.717) is 11.3 Å². The number of fused-ring (bicyclic) bond motifs is 1. The molecule has 0 aliphatic carbocycles. The van der Waals surface area contributed by atoms with Gasteiger partial charge in [0.15, 0.2) is 6.29 Å². The van der Waals surface area contributed by atoms with E-state index in [4.69, 9.17) is 4.74 Å². The largest absolute Gasteiger partial charge is 0.496 e. The van der Waals surface area contributed by atoms with Gasteiger partial charge in [0.25, 0.3) is 0 Å². The van der Waals surface area contributed by atoms with Gasteiger partial charge in [0, 0.05) is 21.0 Å². The van der Waals surface area contributed by atoms with E-state index in [-0.39, 0.29) is 0 Å². The number of aldehydes is 1. The van der Waals surface area contributed by atoms with Crippen LogP contribution in [0.1, 0.15) is 10.4 Å².